The van der Waals surface area contributed by atoms with E-state index >= 15 is 0 Å². The number of nitro benzene ring substituents is 1. The number of allylic oxidation sites excluding steroid dienone is 1. The topological polar surface area (TPSA) is 96.0 Å². The Kier molecular flexibility index (Phi) is 7.68. The van der Waals surface area contributed by atoms with Gasteiger partial charge in [0.15, 0.2) is 4.80 Å². The quantitative estimate of drug-likeness (QED) is 0.143. The molecule has 0 N–H and O–H groups in total. The van der Waals surface area contributed by atoms with Gasteiger partial charge in [-0.1, -0.05) is 63.7 Å². The summed E-state index contributed by atoms with van der Waals surface area (Å²) >= 11 is 4.91. The Hall–Kier alpha value is -4.80. The van der Waals surface area contributed by atoms with Crippen molar-refractivity contribution in [3.05, 3.63) is 159 Å². The van der Waals surface area contributed by atoms with E-state index in [0.717, 1.165) is 56.6 Å². The lowest BCUT2D eigenvalue weighted by molar-refractivity contribution is -0.384. The maximum Gasteiger partial charge on any atom is 0.271 e. The van der Waals surface area contributed by atoms with E-state index in [1.54, 1.807) is 19.2 Å². The molecule has 0 unspecified atom stereocenters. The SMILES string of the molecule is COc1cccc([C@@H]2C3=C(N=c4s/c(=C/c5cc(Br)ccc5OCc5ccc([N+](=O)[O-])cc5)c(=O)n42)c2ccccc2CC3)c1. The summed E-state index contributed by atoms with van der Waals surface area (Å²) in [5.74, 6) is 1.31. The summed E-state index contributed by atoms with van der Waals surface area (Å²) in [6, 6.07) is 27.8. The predicted octanol–water partition coefficient (Wildman–Crippen LogP) is 6.58. The van der Waals surface area contributed by atoms with E-state index in [0.29, 0.717) is 15.1 Å². The van der Waals surface area contributed by atoms with E-state index in [1.165, 1.54) is 29.0 Å². The number of hydrogen-bond acceptors (Lipinski definition) is 7. The minimum absolute atomic E-state index is 0.0240. The molecule has 0 saturated carbocycles. The van der Waals surface area contributed by atoms with Gasteiger partial charge in [0, 0.05) is 27.7 Å². The fourth-order valence-corrected chi connectivity index (χ4v) is 7.28. The van der Waals surface area contributed by atoms with Gasteiger partial charge in [-0.25, -0.2) is 4.99 Å². The van der Waals surface area contributed by atoms with Gasteiger partial charge in [0.05, 0.1) is 28.3 Å². The number of aromatic nitrogens is 1. The van der Waals surface area contributed by atoms with Crippen LogP contribution in [0.2, 0.25) is 0 Å². The van der Waals surface area contributed by atoms with Crippen LogP contribution in [0.5, 0.6) is 11.5 Å². The number of nitrogens with zero attached hydrogens (tertiary/aromatic N) is 3. The molecule has 2 aliphatic rings. The van der Waals surface area contributed by atoms with Crippen molar-refractivity contribution in [2.24, 2.45) is 4.99 Å². The zero-order chi connectivity index (χ0) is 31.1. The number of hydrogen-bond donors (Lipinski definition) is 0. The summed E-state index contributed by atoms with van der Waals surface area (Å²) in [5.41, 5.74) is 6.81. The van der Waals surface area contributed by atoms with E-state index in [9.17, 15) is 14.9 Å². The molecule has 1 aromatic heterocycles. The molecule has 0 radical (unpaired) electrons. The van der Waals surface area contributed by atoms with Crippen molar-refractivity contribution in [2.75, 3.05) is 7.11 Å². The van der Waals surface area contributed by atoms with Gasteiger partial charge in [0.25, 0.3) is 11.2 Å². The Morgan fingerprint density at radius 2 is 1.87 bits per heavy atom. The van der Waals surface area contributed by atoms with Crippen molar-refractivity contribution in [2.45, 2.75) is 25.5 Å². The highest BCUT2D eigenvalue weighted by molar-refractivity contribution is 9.10. The van der Waals surface area contributed by atoms with Gasteiger partial charge in [0.1, 0.15) is 18.1 Å². The first kappa shape index (κ1) is 28.9. The average molecular weight is 681 g/mol. The van der Waals surface area contributed by atoms with Crippen LogP contribution in [-0.2, 0) is 13.0 Å². The summed E-state index contributed by atoms with van der Waals surface area (Å²) < 4.78 is 14.9. The molecule has 0 spiro atoms. The molecule has 0 amide bonds. The molecule has 7 rings (SSSR count). The molecule has 45 heavy (non-hydrogen) atoms. The van der Waals surface area contributed by atoms with E-state index in [-0.39, 0.29) is 23.9 Å². The molecular formula is C35H26BrN3O5S. The molecule has 0 fully saturated rings. The van der Waals surface area contributed by atoms with Crippen molar-refractivity contribution in [3.63, 3.8) is 0 Å². The number of methoxy groups -OCH3 is 1. The Labute approximate surface area is 270 Å². The van der Waals surface area contributed by atoms with Gasteiger partial charge in [-0.2, -0.15) is 0 Å². The second-order valence-electron chi connectivity index (χ2n) is 10.8. The largest absolute Gasteiger partial charge is 0.497 e. The molecule has 1 aliphatic carbocycles. The van der Waals surface area contributed by atoms with Crippen molar-refractivity contribution < 1.29 is 14.4 Å². The van der Waals surface area contributed by atoms with Crippen molar-refractivity contribution in [1.82, 2.24) is 4.57 Å². The maximum atomic E-state index is 14.3. The molecule has 1 aliphatic heterocycles. The first-order valence-corrected chi connectivity index (χ1v) is 15.9. The highest BCUT2D eigenvalue weighted by Gasteiger charge is 2.32. The number of thiazole rings is 1. The molecule has 0 saturated heterocycles. The molecule has 1 atom stereocenters. The number of nitro groups is 1. The van der Waals surface area contributed by atoms with Crippen molar-refractivity contribution in [1.29, 1.82) is 0 Å². The monoisotopic (exact) mass is 679 g/mol. The number of benzene rings is 4. The number of fused-ring (bicyclic) bond motifs is 3. The smallest absolute Gasteiger partial charge is 0.271 e. The zero-order valence-corrected chi connectivity index (χ0v) is 26.5. The standard InChI is InChI=1S/C35H26BrN3O5S/c1-43-27-7-4-6-23(18-27)33-29-15-11-22-5-2-3-8-28(22)32(29)37-35-38(33)34(40)31(45-35)19-24-17-25(36)12-16-30(24)44-20-21-9-13-26(14-10-21)39(41)42/h2-10,12-14,16-19,33H,11,15,20H2,1H3/b31-19+/t33-/m1/s1. The average Bonchev–Trinajstić information content (AvgIpc) is 3.37. The van der Waals surface area contributed by atoms with Gasteiger partial charge < -0.3 is 9.47 Å². The summed E-state index contributed by atoms with van der Waals surface area (Å²) in [5, 5.41) is 11.0. The number of aryl methyl sites for hydroxylation is 1. The van der Waals surface area contributed by atoms with Crippen LogP contribution in [0.1, 0.15) is 40.3 Å². The lowest BCUT2D eigenvalue weighted by atomic mass is 9.83. The van der Waals surface area contributed by atoms with Gasteiger partial charge in [-0.3, -0.25) is 19.5 Å². The normalized spacial score (nSPS) is 15.5. The van der Waals surface area contributed by atoms with Crippen LogP contribution in [-0.4, -0.2) is 16.6 Å². The van der Waals surface area contributed by atoms with E-state index in [1.807, 2.05) is 59.2 Å². The molecule has 5 aromatic rings. The summed E-state index contributed by atoms with van der Waals surface area (Å²) in [6.07, 6.45) is 3.52. The Bertz CT molecular complexity index is 2190. The fraction of sp³-hybridized carbons (Fsp3) is 0.143. The van der Waals surface area contributed by atoms with Crippen LogP contribution >= 0.6 is 27.3 Å². The minimum Gasteiger partial charge on any atom is -0.497 e. The van der Waals surface area contributed by atoms with Crippen molar-refractivity contribution in [3.8, 4) is 11.5 Å². The molecule has 224 valence electrons. The fourth-order valence-electron chi connectivity index (χ4n) is 5.91. The Morgan fingerprint density at radius 3 is 2.67 bits per heavy atom. The summed E-state index contributed by atoms with van der Waals surface area (Å²) in [6.45, 7) is 0.212. The van der Waals surface area contributed by atoms with E-state index < -0.39 is 4.92 Å². The third kappa shape index (κ3) is 5.51. The number of non-ortho nitro benzene ring substituents is 1. The van der Waals surface area contributed by atoms with Crippen LogP contribution in [0.15, 0.2) is 111 Å². The molecule has 2 heterocycles. The number of ether oxygens (including phenoxy) is 2. The maximum absolute atomic E-state index is 14.3. The van der Waals surface area contributed by atoms with Gasteiger partial charge in [-0.15, -0.1) is 0 Å². The van der Waals surface area contributed by atoms with Crippen LogP contribution in [0.4, 0.5) is 5.69 Å². The number of rotatable bonds is 7. The molecule has 4 aromatic carbocycles. The lowest BCUT2D eigenvalue weighted by Crippen LogP contribution is -2.38. The van der Waals surface area contributed by atoms with Crippen LogP contribution in [0, 0.1) is 10.1 Å². The van der Waals surface area contributed by atoms with Gasteiger partial charge in [0.2, 0.25) is 0 Å². The molecule has 0 bridgehead atoms. The van der Waals surface area contributed by atoms with Crippen LogP contribution < -0.4 is 24.4 Å². The first-order chi connectivity index (χ1) is 21.9. The molecular weight excluding hydrogens is 654 g/mol. The Balaban J connectivity index is 1.34. The zero-order valence-electron chi connectivity index (χ0n) is 24.1. The summed E-state index contributed by atoms with van der Waals surface area (Å²) in [4.78, 5) is 30.6. The summed E-state index contributed by atoms with van der Waals surface area (Å²) in [7, 11) is 1.64. The second kappa shape index (κ2) is 11.9. The first-order valence-electron chi connectivity index (χ1n) is 14.3. The molecule has 8 nitrogen and oxygen atoms in total. The highest BCUT2D eigenvalue weighted by atomic mass is 79.9. The highest BCUT2D eigenvalue weighted by Crippen LogP contribution is 2.41. The second-order valence-corrected chi connectivity index (χ2v) is 12.7. The Morgan fingerprint density at radius 1 is 1.04 bits per heavy atom. The molecule has 10 heteroatoms. The third-order valence-electron chi connectivity index (χ3n) is 8.08. The lowest BCUT2D eigenvalue weighted by Gasteiger charge is -2.31. The van der Waals surface area contributed by atoms with Crippen LogP contribution in [0.25, 0.3) is 11.8 Å². The third-order valence-corrected chi connectivity index (χ3v) is 9.56. The van der Waals surface area contributed by atoms with E-state index in [4.69, 9.17) is 14.5 Å². The van der Waals surface area contributed by atoms with Crippen molar-refractivity contribution >= 4 is 44.7 Å². The van der Waals surface area contributed by atoms with Gasteiger partial charge >= 0.3 is 0 Å². The van der Waals surface area contributed by atoms with Gasteiger partial charge in [-0.05, 0) is 83.6 Å². The predicted molar refractivity (Wildman–Crippen MR) is 177 cm³/mol. The number of halogens is 1. The van der Waals surface area contributed by atoms with Crippen LogP contribution in [0.3, 0.4) is 0 Å². The minimum atomic E-state index is -0.429. The van der Waals surface area contributed by atoms with E-state index in [2.05, 4.69) is 34.1 Å².